The lowest BCUT2D eigenvalue weighted by molar-refractivity contribution is 0.768. The number of aromatic nitrogens is 2. The zero-order chi connectivity index (χ0) is 11.1. The Morgan fingerprint density at radius 2 is 2.06 bits per heavy atom. The maximum atomic E-state index is 4.21. The molecule has 1 aromatic carbocycles. The van der Waals surface area contributed by atoms with Crippen LogP contribution in [0.5, 0.6) is 0 Å². The van der Waals surface area contributed by atoms with Crippen LogP contribution in [0.25, 0.3) is 11.1 Å². The average Bonchev–Trinajstić information content (AvgIpc) is 2.86. The number of hydrogen-bond donors (Lipinski definition) is 0. The van der Waals surface area contributed by atoms with Crippen LogP contribution in [0.15, 0.2) is 30.6 Å². The van der Waals surface area contributed by atoms with Gasteiger partial charge in [-0.3, -0.25) is 4.68 Å². The highest BCUT2D eigenvalue weighted by Gasteiger charge is 2.15. The first-order valence-corrected chi connectivity index (χ1v) is 5.57. The number of likely N-dealkylation sites (N-methyl/N-ethyl adjacent to an activating group) is 1. The molecule has 3 rings (SSSR count). The highest BCUT2D eigenvalue weighted by molar-refractivity contribution is 5.69. The number of aryl methyl sites for hydroxylation is 1. The van der Waals surface area contributed by atoms with Crippen molar-refractivity contribution in [3.63, 3.8) is 0 Å². The van der Waals surface area contributed by atoms with Crippen molar-refractivity contribution in [2.24, 2.45) is 7.05 Å². The molecule has 0 saturated carbocycles. The van der Waals surface area contributed by atoms with Gasteiger partial charge in [0.25, 0.3) is 0 Å². The molecule has 0 amide bonds. The first-order valence-electron chi connectivity index (χ1n) is 5.57. The fourth-order valence-electron chi connectivity index (χ4n) is 2.32. The molecule has 2 aromatic rings. The van der Waals surface area contributed by atoms with E-state index in [2.05, 4.69) is 41.4 Å². The zero-order valence-electron chi connectivity index (χ0n) is 9.64. The lowest BCUT2D eigenvalue weighted by Crippen LogP contribution is -2.12. The molecule has 82 valence electrons. The molecule has 0 radical (unpaired) electrons. The number of anilines is 1. The summed E-state index contributed by atoms with van der Waals surface area (Å²) >= 11 is 0. The minimum atomic E-state index is 1.13. The van der Waals surface area contributed by atoms with E-state index in [9.17, 15) is 0 Å². The van der Waals surface area contributed by atoms with Crippen LogP contribution in [0.4, 0.5) is 5.69 Å². The molecule has 0 unspecified atom stereocenters. The summed E-state index contributed by atoms with van der Waals surface area (Å²) < 4.78 is 1.84. The molecular formula is C13H15N3. The zero-order valence-corrected chi connectivity index (χ0v) is 9.64. The monoisotopic (exact) mass is 213 g/mol. The summed E-state index contributed by atoms with van der Waals surface area (Å²) in [6.45, 7) is 1.13. The van der Waals surface area contributed by atoms with E-state index in [0.29, 0.717) is 0 Å². The van der Waals surface area contributed by atoms with Gasteiger partial charge in [0.05, 0.1) is 6.20 Å². The number of rotatable bonds is 1. The molecule has 16 heavy (non-hydrogen) atoms. The van der Waals surface area contributed by atoms with Crippen molar-refractivity contribution in [3.05, 3.63) is 36.2 Å². The third-order valence-corrected chi connectivity index (χ3v) is 3.25. The minimum absolute atomic E-state index is 1.13. The summed E-state index contributed by atoms with van der Waals surface area (Å²) in [4.78, 5) is 2.31. The van der Waals surface area contributed by atoms with Crippen LogP contribution in [0.3, 0.4) is 0 Å². The van der Waals surface area contributed by atoms with Gasteiger partial charge in [-0.05, 0) is 29.7 Å². The normalized spacial score (nSPS) is 14.2. The van der Waals surface area contributed by atoms with Crippen LogP contribution in [-0.4, -0.2) is 23.4 Å². The van der Waals surface area contributed by atoms with Crippen molar-refractivity contribution in [2.75, 3.05) is 18.5 Å². The largest absolute Gasteiger partial charge is 0.374 e. The summed E-state index contributed by atoms with van der Waals surface area (Å²) in [7, 11) is 4.10. The van der Waals surface area contributed by atoms with Gasteiger partial charge in [0.2, 0.25) is 0 Å². The second-order valence-electron chi connectivity index (χ2n) is 4.42. The van der Waals surface area contributed by atoms with Gasteiger partial charge in [-0.25, -0.2) is 0 Å². The van der Waals surface area contributed by atoms with Crippen LogP contribution in [0, 0.1) is 0 Å². The number of nitrogens with zero attached hydrogens (tertiary/aromatic N) is 3. The van der Waals surface area contributed by atoms with Gasteiger partial charge in [0, 0.05) is 38.1 Å². The Bertz CT molecular complexity index is 528. The molecule has 2 heterocycles. The Morgan fingerprint density at radius 3 is 2.81 bits per heavy atom. The standard InChI is InChI=1S/C13H15N3/c1-15-6-5-11-7-10(3-4-13(11)15)12-8-14-16(2)9-12/h3-4,7-9H,5-6H2,1-2H3. The summed E-state index contributed by atoms with van der Waals surface area (Å²) in [5, 5.41) is 4.21. The molecule has 0 atom stereocenters. The van der Waals surface area contributed by atoms with Crippen molar-refractivity contribution < 1.29 is 0 Å². The first kappa shape index (κ1) is 9.46. The Labute approximate surface area is 95.3 Å². The van der Waals surface area contributed by atoms with Crippen LogP contribution in [-0.2, 0) is 13.5 Å². The van der Waals surface area contributed by atoms with E-state index < -0.39 is 0 Å². The fourth-order valence-corrected chi connectivity index (χ4v) is 2.32. The third kappa shape index (κ3) is 1.40. The van der Waals surface area contributed by atoms with E-state index in [0.717, 1.165) is 13.0 Å². The minimum Gasteiger partial charge on any atom is -0.374 e. The number of hydrogen-bond acceptors (Lipinski definition) is 2. The molecule has 0 aliphatic carbocycles. The highest BCUT2D eigenvalue weighted by Crippen LogP contribution is 2.30. The maximum absolute atomic E-state index is 4.21. The molecule has 0 N–H and O–H groups in total. The Balaban J connectivity index is 2.05. The van der Waals surface area contributed by atoms with Crippen LogP contribution >= 0.6 is 0 Å². The summed E-state index contributed by atoms with van der Waals surface area (Å²) in [5.74, 6) is 0. The lowest BCUT2D eigenvalue weighted by Gasteiger charge is -2.11. The van der Waals surface area contributed by atoms with Crippen LogP contribution < -0.4 is 4.90 Å². The van der Waals surface area contributed by atoms with Crippen LogP contribution in [0.2, 0.25) is 0 Å². The molecule has 1 aliphatic rings. The van der Waals surface area contributed by atoms with Crippen LogP contribution in [0.1, 0.15) is 5.56 Å². The van der Waals surface area contributed by atoms with Crippen molar-refractivity contribution in [3.8, 4) is 11.1 Å². The van der Waals surface area contributed by atoms with E-state index in [1.165, 1.54) is 22.4 Å². The Hall–Kier alpha value is -1.77. The van der Waals surface area contributed by atoms with Gasteiger partial charge in [0.1, 0.15) is 0 Å². The topological polar surface area (TPSA) is 21.1 Å². The molecule has 3 nitrogen and oxygen atoms in total. The Morgan fingerprint density at radius 1 is 1.19 bits per heavy atom. The van der Waals surface area contributed by atoms with E-state index in [4.69, 9.17) is 0 Å². The van der Waals surface area contributed by atoms with Gasteiger partial charge in [-0.15, -0.1) is 0 Å². The quantitative estimate of drug-likeness (QED) is 0.723. The summed E-state index contributed by atoms with van der Waals surface area (Å²) in [6, 6.07) is 6.68. The predicted molar refractivity (Wildman–Crippen MR) is 65.6 cm³/mol. The van der Waals surface area contributed by atoms with Gasteiger partial charge in [0.15, 0.2) is 0 Å². The highest BCUT2D eigenvalue weighted by atomic mass is 15.2. The molecular weight excluding hydrogens is 198 g/mol. The van der Waals surface area contributed by atoms with Crippen molar-refractivity contribution in [2.45, 2.75) is 6.42 Å². The maximum Gasteiger partial charge on any atom is 0.0568 e. The molecule has 1 aliphatic heterocycles. The van der Waals surface area contributed by atoms with Gasteiger partial charge in [-0.1, -0.05) is 6.07 Å². The summed E-state index contributed by atoms with van der Waals surface area (Å²) in [6.07, 6.45) is 5.13. The van der Waals surface area contributed by atoms with Gasteiger partial charge >= 0.3 is 0 Å². The molecule has 0 bridgehead atoms. The third-order valence-electron chi connectivity index (χ3n) is 3.25. The van der Waals surface area contributed by atoms with E-state index >= 15 is 0 Å². The van der Waals surface area contributed by atoms with Gasteiger partial charge in [-0.2, -0.15) is 5.10 Å². The van der Waals surface area contributed by atoms with E-state index in [1.807, 2.05) is 17.9 Å². The van der Waals surface area contributed by atoms with E-state index in [1.54, 1.807) is 0 Å². The van der Waals surface area contributed by atoms with Crippen molar-refractivity contribution in [1.82, 2.24) is 9.78 Å². The molecule has 3 heteroatoms. The smallest absolute Gasteiger partial charge is 0.0568 e. The molecule has 0 spiro atoms. The van der Waals surface area contributed by atoms with E-state index in [-0.39, 0.29) is 0 Å². The molecule has 1 aromatic heterocycles. The Kier molecular flexibility index (Phi) is 1.99. The first-order chi connectivity index (χ1) is 7.74. The SMILES string of the molecule is CN1CCc2cc(-c3cnn(C)c3)ccc21. The average molecular weight is 213 g/mol. The lowest BCUT2D eigenvalue weighted by atomic mass is 10.0. The van der Waals surface area contributed by atoms with Crippen molar-refractivity contribution in [1.29, 1.82) is 0 Å². The van der Waals surface area contributed by atoms with Gasteiger partial charge < -0.3 is 4.90 Å². The molecule has 0 saturated heterocycles. The second-order valence-corrected chi connectivity index (χ2v) is 4.42. The summed E-state index contributed by atoms with van der Waals surface area (Å²) in [5.41, 5.74) is 5.28. The molecule has 0 fully saturated rings. The number of benzene rings is 1. The second kappa shape index (κ2) is 3.37. The predicted octanol–water partition coefficient (Wildman–Crippen LogP) is 2.08. The van der Waals surface area contributed by atoms with Crippen molar-refractivity contribution >= 4 is 5.69 Å². The fraction of sp³-hybridized carbons (Fsp3) is 0.308. The number of fused-ring (bicyclic) bond motifs is 1.